The molecule has 3 aromatic rings. The summed E-state index contributed by atoms with van der Waals surface area (Å²) in [5.41, 5.74) is 6.34. The Morgan fingerprint density at radius 2 is 1.35 bits per heavy atom. The van der Waals surface area contributed by atoms with Crippen molar-refractivity contribution in [3.05, 3.63) is 95.1 Å². The summed E-state index contributed by atoms with van der Waals surface area (Å²) in [7, 11) is 0. The minimum absolute atomic E-state index is 0.00758. The van der Waals surface area contributed by atoms with Gasteiger partial charge in [-0.25, -0.2) is 4.79 Å². The zero-order valence-corrected chi connectivity index (χ0v) is 17.0. The lowest BCUT2D eigenvalue weighted by Gasteiger charge is -2.30. The third-order valence-corrected chi connectivity index (χ3v) is 6.42. The zero-order chi connectivity index (χ0) is 21.4. The van der Waals surface area contributed by atoms with Gasteiger partial charge < -0.3 is 15.2 Å². The summed E-state index contributed by atoms with van der Waals surface area (Å²) < 4.78 is 5.67. The van der Waals surface area contributed by atoms with Crippen LogP contribution < -0.4 is 5.32 Å². The molecule has 3 aromatic carbocycles. The molecule has 156 valence electrons. The lowest BCUT2D eigenvalue weighted by Crippen LogP contribution is -2.34. The SMILES string of the molecule is O=C(N[C@@H]1CC[C@H](C(=O)O)c2ccccc21)OCC1c2ccccc2-c2ccccc21. The largest absolute Gasteiger partial charge is 0.481 e. The smallest absolute Gasteiger partial charge is 0.407 e. The number of hydrogen-bond donors (Lipinski definition) is 2. The Morgan fingerprint density at radius 1 is 0.806 bits per heavy atom. The molecule has 0 bridgehead atoms. The predicted molar refractivity (Wildman–Crippen MR) is 117 cm³/mol. The van der Waals surface area contributed by atoms with Crippen molar-refractivity contribution in [3.8, 4) is 11.1 Å². The lowest BCUT2D eigenvalue weighted by molar-refractivity contribution is -0.139. The van der Waals surface area contributed by atoms with E-state index in [-0.39, 0.29) is 18.6 Å². The van der Waals surface area contributed by atoms with Crippen LogP contribution in [0.1, 0.15) is 53.0 Å². The molecule has 31 heavy (non-hydrogen) atoms. The molecule has 2 atom stereocenters. The highest BCUT2D eigenvalue weighted by atomic mass is 16.5. The number of fused-ring (bicyclic) bond motifs is 4. The average Bonchev–Trinajstić information content (AvgIpc) is 3.11. The van der Waals surface area contributed by atoms with E-state index >= 15 is 0 Å². The summed E-state index contributed by atoms with van der Waals surface area (Å²) in [4.78, 5) is 24.3. The highest BCUT2D eigenvalue weighted by molar-refractivity contribution is 5.79. The molecule has 0 saturated carbocycles. The first-order valence-electron chi connectivity index (χ1n) is 10.6. The van der Waals surface area contributed by atoms with Crippen molar-refractivity contribution in [2.24, 2.45) is 0 Å². The van der Waals surface area contributed by atoms with Crippen molar-refractivity contribution in [1.82, 2.24) is 5.32 Å². The number of carbonyl (C=O) groups is 2. The molecule has 0 spiro atoms. The van der Waals surface area contributed by atoms with Crippen LogP contribution in [0.4, 0.5) is 4.79 Å². The average molecular weight is 413 g/mol. The highest BCUT2D eigenvalue weighted by Gasteiger charge is 2.33. The maximum absolute atomic E-state index is 12.7. The van der Waals surface area contributed by atoms with Gasteiger partial charge in [0.15, 0.2) is 0 Å². The number of rotatable bonds is 4. The van der Waals surface area contributed by atoms with Crippen molar-refractivity contribution in [3.63, 3.8) is 0 Å². The van der Waals surface area contributed by atoms with Gasteiger partial charge in [-0.15, -0.1) is 0 Å². The number of carboxylic acids is 1. The normalized spacial score (nSPS) is 19.1. The lowest BCUT2D eigenvalue weighted by atomic mass is 9.80. The fraction of sp³-hybridized carbons (Fsp3) is 0.231. The first-order valence-corrected chi connectivity index (χ1v) is 10.6. The van der Waals surface area contributed by atoms with E-state index in [0.717, 1.165) is 11.1 Å². The molecule has 5 heteroatoms. The fourth-order valence-corrected chi connectivity index (χ4v) is 4.98. The minimum Gasteiger partial charge on any atom is -0.481 e. The van der Waals surface area contributed by atoms with E-state index in [1.54, 1.807) is 0 Å². The van der Waals surface area contributed by atoms with Crippen molar-refractivity contribution < 1.29 is 19.4 Å². The molecule has 0 aromatic heterocycles. The van der Waals surface area contributed by atoms with Crippen LogP contribution in [0.5, 0.6) is 0 Å². The molecule has 0 aliphatic heterocycles. The van der Waals surface area contributed by atoms with Crippen molar-refractivity contribution in [2.75, 3.05) is 6.61 Å². The summed E-state index contributed by atoms with van der Waals surface area (Å²) >= 11 is 0. The Morgan fingerprint density at radius 3 is 1.97 bits per heavy atom. The molecule has 0 fully saturated rings. The third kappa shape index (κ3) is 3.46. The van der Waals surface area contributed by atoms with Crippen LogP contribution in [0.15, 0.2) is 72.8 Å². The van der Waals surface area contributed by atoms with Crippen LogP contribution in [0.25, 0.3) is 11.1 Å². The summed E-state index contributed by atoms with van der Waals surface area (Å²) in [6, 6.07) is 23.6. The van der Waals surface area contributed by atoms with Gasteiger partial charge in [0.05, 0.1) is 12.0 Å². The maximum atomic E-state index is 12.7. The van der Waals surface area contributed by atoms with Crippen LogP contribution in [-0.4, -0.2) is 23.8 Å². The Kier molecular flexibility index (Phi) is 4.94. The number of carbonyl (C=O) groups excluding carboxylic acids is 1. The molecule has 1 amide bonds. The second kappa shape index (κ2) is 7.91. The maximum Gasteiger partial charge on any atom is 0.407 e. The predicted octanol–water partition coefficient (Wildman–Crippen LogP) is 5.23. The number of hydrogen-bond acceptors (Lipinski definition) is 3. The third-order valence-electron chi connectivity index (χ3n) is 6.42. The van der Waals surface area contributed by atoms with E-state index in [2.05, 4.69) is 29.6 Å². The first kappa shape index (κ1) is 19.4. The first-order chi connectivity index (χ1) is 15.1. The van der Waals surface area contributed by atoms with Crippen LogP contribution in [0.2, 0.25) is 0 Å². The summed E-state index contributed by atoms with van der Waals surface area (Å²) in [5, 5.41) is 12.5. The molecular formula is C26H23NO4. The number of carboxylic acid groups (broad SMARTS) is 1. The Bertz CT molecular complexity index is 1110. The van der Waals surface area contributed by atoms with Gasteiger partial charge in [0, 0.05) is 5.92 Å². The molecule has 2 N–H and O–H groups in total. The van der Waals surface area contributed by atoms with Crippen molar-refractivity contribution in [2.45, 2.75) is 30.7 Å². The van der Waals surface area contributed by atoms with Crippen LogP contribution in [0, 0.1) is 0 Å². The Balaban J connectivity index is 1.30. The standard InChI is InChI=1S/C26H23NO4/c28-25(29)22-13-14-24(21-12-6-5-11-20(21)22)27-26(30)31-15-23-18-9-3-1-7-16(18)17-8-2-4-10-19(17)23/h1-12,22-24H,13-15H2,(H,27,30)(H,28,29)/t22-,24+/m0/s1. The van der Waals surface area contributed by atoms with Gasteiger partial charge in [-0.1, -0.05) is 72.8 Å². The van der Waals surface area contributed by atoms with Gasteiger partial charge in [0.2, 0.25) is 0 Å². The molecule has 2 aliphatic rings. The number of benzene rings is 3. The zero-order valence-electron chi connectivity index (χ0n) is 17.0. The molecule has 5 nitrogen and oxygen atoms in total. The van der Waals surface area contributed by atoms with Crippen molar-refractivity contribution in [1.29, 1.82) is 0 Å². The number of nitrogens with one attached hydrogen (secondary N) is 1. The minimum atomic E-state index is -0.827. The Hall–Kier alpha value is -3.60. The van der Waals surface area contributed by atoms with Gasteiger partial charge in [-0.05, 0) is 46.2 Å². The number of amides is 1. The summed E-state index contributed by atoms with van der Waals surface area (Å²) in [5.74, 6) is -1.35. The van der Waals surface area contributed by atoms with E-state index in [9.17, 15) is 14.7 Å². The van der Waals surface area contributed by atoms with Gasteiger partial charge in [0.1, 0.15) is 6.61 Å². The molecule has 0 radical (unpaired) electrons. The monoisotopic (exact) mass is 413 g/mol. The van der Waals surface area contributed by atoms with Crippen LogP contribution >= 0.6 is 0 Å². The molecule has 0 heterocycles. The van der Waals surface area contributed by atoms with Gasteiger partial charge in [-0.3, -0.25) is 4.79 Å². The Labute approximate surface area is 180 Å². The number of aliphatic carboxylic acids is 1. The van der Waals surface area contributed by atoms with Crippen LogP contribution in [0.3, 0.4) is 0 Å². The fourth-order valence-electron chi connectivity index (χ4n) is 4.98. The van der Waals surface area contributed by atoms with E-state index < -0.39 is 18.0 Å². The second-order valence-electron chi connectivity index (χ2n) is 8.12. The molecular weight excluding hydrogens is 390 g/mol. The van der Waals surface area contributed by atoms with E-state index in [1.165, 1.54) is 22.3 Å². The van der Waals surface area contributed by atoms with Crippen molar-refractivity contribution >= 4 is 12.1 Å². The van der Waals surface area contributed by atoms with E-state index in [0.29, 0.717) is 12.8 Å². The topological polar surface area (TPSA) is 75.6 Å². The van der Waals surface area contributed by atoms with Gasteiger partial charge in [-0.2, -0.15) is 0 Å². The summed E-state index contributed by atoms with van der Waals surface area (Å²) in [6.07, 6.45) is 0.578. The van der Waals surface area contributed by atoms with Crippen LogP contribution in [-0.2, 0) is 9.53 Å². The quantitative estimate of drug-likeness (QED) is 0.614. The summed E-state index contributed by atoms with van der Waals surface area (Å²) in [6.45, 7) is 0.256. The second-order valence-corrected chi connectivity index (χ2v) is 8.12. The molecule has 2 aliphatic carbocycles. The van der Waals surface area contributed by atoms with E-state index in [4.69, 9.17) is 4.74 Å². The highest BCUT2D eigenvalue weighted by Crippen LogP contribution is 2.44. The van der Waals surface area contributed by atoms with Gasteiger partial charge >= 0.3 is 12.1 Å². The molecule has 0 unspecified atom stereocenters. The van der Waals surface area contributed by atoms with E-state index in [1.807, 2.05) is 48.5 Å². The molecule has 5 rings (SSSR count). The number of alkyl carbamates (subject to hydrolysis) is 1. The van der Waals surface area contributed by atoms with Gasteiger partial charge in [0.25, 0.3) is 0 Å². The molecule has 0 saturated heterocycles. The number of ether oxygens (including phenoxy) is 1.